The number of ether oxygens (including phenoxy) is 1. The molecule has 4 atom stereocenters. The van der Waals surface area contributed by atoms with E-state index in [2.05, 4.69) is 62.7 Å². The van der Waals surface area contributed by atoms with Crippen LogP contribution >= 0.6 is 27.7 Å². The maximum atomic E-state index is 5.89. The quantitative estimate of drug-likeness (QED) is 0.453. The lowest BCUT2D eigenvalue weighted by atomic mass is 9.96. The Bertz CT molecular complexity index is 551. The van der Waals surface area contributed by atoms with Crippen molar-refractivity contribution >= 4 is 33.7 Å². The van der Waals surface area contributed by atoms with Gasteiger partial charge in [-0.15, -0.1) is 11.8 Å². The molecule has 2 bridgehead atoms. The number of aliphatic imine (C=N–C) groups is 1. The zero-order chi connectivity index (χ0) is 16.2. The predicted octanol–water partition coefficient (Wildman–Crippen LogP) is 3.41. The molecule has 2 saturated heterocycles. The number of nitrogens with one attached hydrogen (secondary N) is 2. The van der Waals surface area contributed by atoms with Crippen molar-refractivity contribution in [1.82, 2.24) is 10.6 Å². The second-order valence-corrected chi connectivity index (χ2v) is 8.62. The zero-order valence-corrected chi connectivity index (χ0v) is 16.0. The summed E-state index contributed by atoms with van der Waals surface area (Å²) in [5, 5.41) is 7.43. The van der Waals surface area contributed by atoms with Gasteiger partial charge < -0.3 is 15.4 Å². The molecule has 2 heterocycles. The van der Waals surface area contributed by atoms with Gasteiger partial charge in [0.2, 0.25) is 0 Å². The van der Waals surface area contributed by atoms with Crippen LogP contribution in [-0.4, -0.2) is 43.1 Å². The average Bonchev–Trinajstić information content (AvgIpc) is 3.16. The van der Waals surface area contributed by atoms with Crippen molar-refractivity contribution in [2.75, 3.05) is 13.6 Å². The van der Waals surface area contributed by atoms with E-state index >= 15 is 0 Å². The number of fused-ring (bicyclic) bond motifs is 2. The summed E-state index contributed by atoms with van der Waals surface area (Å²) in [6.07, 6.45) is 4.33. The van der Waals surface area contributed by atoms with Crippen LogP contribution in [0.25, 0.3) is 0 Å². The molecule has 0 amide bonds. The summed E-state index contributed by atoms with van der Waals surface area (Å²) < 4.78 is 7.01. The minimum absolute atomic E-state index is 0.369. The molecule has 2 aliphatic heterocycles. The molecule has 126 valence electrons. The molecule has 4 nitrogen and oxygen atoms in total. The highest BCUT2D eigenvalue weighted by Crippen LogP contribution is 2.34. The van der Waals surface area contributed by atoms with E-state index in [0.717, 1.165) is 23.4 Å². The van der Waals surface area contributed by atoms with E-state index in [4.69, 9.17) is 4.74 Å². The Kier molecular flexibility index (Phi) is 5.88. The second-order valence-electron chi connectivity index (χ2n) is 6.20. The van der Waals surface area contributed by atoms with Gasteiger partial charge in [0.15, 0.2) is 5.96 Å². The Balaban J connectivity index is 1.43. The van der Waals surface area contributed by atoms with Gasteiger partial charge in [-0.05, 0) is 43.5 Å². The van der Waals surface area contributed by atoms with Crippen molar-refractivity contribution in [3.63, 3.8) is 0 Å². The number of nitrogens with zero attached hydrogens (tertiary/aromatic N) is 1. The van der Waals surface area contributed by atoms with Gasteiger partial charge in [0.05, 0.1) is 18.2 Å². The molecule has 0 aromatic heterocycles. The molecule has 0 radical (unpaired) electrons. The summed E-state index contributed by atoms with van der Waals surface area (Å²) >= 11 is 5.34. The van der Waals surface area contributed by atoms with Gasteiger partial charge >= 0.3 is 0 Å². The Morgan fingerprint density at radius 1 is 1.39 bits per heavy atom. The fourth-order valence-corrected chi connectivity index (χ4v) is 4.38. The van der Waals surface area contributed by atoms with E-state index in [9.17, 15) is 0 Å². The highest BCUT2D eigenvalue weighted by atomic mass is 79.9. The minimum atomic E-state index is 0.369. The van der Waals surface area contributed by atoms with Crippen LogP contribution in [0.2, 0.25) is 0 Å². The van der Waals surface area contributed by atoms with Gasteiger partial charge in [0.25, 0.3) is 0 Å². The molecule has 4 unspecified atom stereocenters. The van der Waals surface area contributed by atoms with Crippen LogP contribution in [-0.2, 0) is 4.74 Å². The third-order valence-corrected chi connectivity index (χ3v) is 6.00. The molecular weight excluding hydrogens is 374 g/mol. The number of hydrogen-bond donors (Lipinski definition) is 2. The molecule has 0 spiro atoms. The SMILES string of the molecule is CN=C(NCC(C)Sc1ccc(Br)cc1)NC1CC2CCC1O2. The molecule has 0 aliphatic carbocycles. The maximum Gasteiger partial charge on any atom is 0.191 e. The number of rotatable bonds is 5. The summed E-state index contributed by atoms with van der Waals surface area (Å²) in [7, 11) is 1.83. The third kappa shape index (κ3) is 4.64. The largest absolute Gasteiger partial charge is 0.373 e. The first-order valence-electron chi connectivity index (χ1n) is 8.19. The highest BCUT2D eigenvalue weighted by molar-refractivity contribution is 9.10. The number of halogens is 1. The van der Waals surface area contributed by atoms with Gasteiger partial charge in [0, 0.05) is 28.2 Å². The van der Waals surface area contributed by atoms with Crippen LogP contribution in [0, 0.1) is 0 Å². The molecule has 23 heavy (non-hydrogen) atoms. The Morgan fingerprint density at radius 3 is 2.78 bits per heavy atom. The lowest BCUT2D eigenvalue weighted by Crippen LogP contribution is -2.48. The number of benzene rings is 1. The topological polar surface area (TPSA) is 45.7 Å². The molecule has 3 rings (SSSR count). The van der Waals surface area contributed by atoms with Crippen LogP contribution in [0.1, 0.15) is 26.2 Å². The molecular formula is C17H24BrN3OS. The predicted molar refractivity (Wildman–Crippen MR) is 100 cm³/mol. The van der Waals surface area contributed by atoms with Crippen LogP contribution in [0.15, 0.2) is 38.6 Å². The average molecular weight is 398 g/mol. The van der Waals surface area contributed by atoms with E-state index in [0.29, 0.717) is 23.5 Å². The molecule has 2 aliphatic rings. The monoisotopic (exact) mass is 397 g/mol. The first-order chi connectivity index (χ1) is 11.1. The third-order valence-electron chi connectivity index (χ3n) is 4.36. The molecule has 0 saturated carbocycles. The summed E-state index contributed by atoms with van der Waals surface area (Å²) in [6.45, 7) is 3.11. The standard InChI is InChI=1S/C17H24BrN3OS/c1-11(23-14-6-3-12(18)4-7-14)10-20-17(19-2)21-15-9-13-5-8-16(15)22-13/h3-4,6-7,11,13,15-16H,5,8-10H2,1-2H3,(H2,19,20,21). The van der Waals surface area contributed by atoms with Crippen molar-refractivity contribution < 1.29 is 4.74 Å². The van der Waals surface area contributed by atoms with E-state index < -0.39 is 0 Å². The number of guanidine groups is 1. The number of thioether (sulfide) groups is 1. The minimum Gasteiger partial charge on any atom is -0.373 e. The molecule has 2 N–H and O–H groups in total. The fourth-order valence-electron chi connectivity index (χ4n) is 3.19. The first-order valence-corrected chi connectivity index (χ1v) is 9.86. The number of hydrogen-bond acceptors (Lipinski definition) is 3. The van der Waals surface area contributed by atoms with Gasteiger partial charge in [0.1, 0.15) is 0 Å². The molecule has 1 aromatic carbocycles. The van der Waals surface area contributed by atoms with Crippen molar-refractivity contribution in [2.45, 2.75) is 54.6 Å². The van der Waals surface area contributed by atoms with Crippen molar-refractivity contribution in [2.24, 2.45) is 4.99 Å². The van der Waals surface area contributed by atoms with Gasteiger partial charge in [-0.3, -0.25) is 4.99 Å². The van der Waals surface area contributed by atoms with Crippen molar-refractivity contribution in [3.05, 3.63) is 28.7 Å². The smallest absolute Gasteiger partial charge is 0.191 e. The fraction of sp³-hybridized carbons (Fsp3) is 0.588. The molecule has 2 fully saturated rings. The normalized spacial score (nSPS) is 28.0. The summed E-state index contributed by atoms with van der Waals surface area (Å²) in [5.41, 5.74) is 0. The van der Waals surface area contributed by atoms with Crippen molar-refractivity contribution in [1.29, 1.82) is 0 Å². The van der Waals surface area contributed by atoms with Crippen molar-refractivity contribution in [3.8, 4) is 0 Å². The Labute approximate surface area is 151 Å². The zero-order valence-electron chi connectivity index (χ0n) is 13.6. The van der Waals surface area contributed by atoms with Crippen LogP contribution in [0.5, 0.6) is 0 Å². The van der Waals surface area contributed by atoms with E-state index in [1.54, 1.807) is 0 Å². The second kappa shape index (κ2) is 7.90. The Hall–Kier alpha value is -0.720. The van der Waals surface area contributed by atoms with Gasteiger partial charge in [-0.2, -0.15) is 0 Å². The Morgan fingerprint density at radius 2 is 2.17 bits per heavy atom. The summed E-state index contributed by atoms with van der Waals surface area (Å²) in [5.74, 6) is 0.884. The van der Waals surface area contributed by atoms with Gasteiger partial charge in [-0.25, -0.2) is 0 Å². The highest BCUT2D eigenvalue weighted by Gasteiger charge is 2.41. The van der Waals surface area contributed by atoms with Crippen LogP contribution in [0.3, 0.4) is 0 Å². The van der Waals surface area contributed by atoms with E-state index in [1.807, 2.05) is 18.8 Å². The molecule has 6 heteroatoms. The maximum absolute atomic E-state index is 5.89. The van der Waals surface area contributed by atoms with Gasteiger partial charge in [-0.1, -0.05) is 22.9 Å². The summed E-state index contributed by atoms with van der Waals surface area (Å²) in [6, 6.07) is 8.86. The van der Waals surface area contributed by atoms with Crippen LogP contribution < -0.4 is 10.6 Å². The summed E-state index contributed by atoms with van der Waals surface area (Å²) in [4.78, 5) is 5.63. The lowest BCUT2D eigenvalue weighted by molar-refractivity contribution is 0.0992. The lowest BCUT2D eigenvalue weighted by Gasteiger charge is -2.23. The van der Waals surface area contributed by atoms with E-state index in [1.165, 1.54) is 17.7 Å². The first kappa shape index (κ1) is 17.1. The van der Waals surface area contributed by atoms with Crippen LogP contribution in [0.4, 0.5) is 0 Å². The molecule has 1 aromatic rings. The van der Waals surface area contributed by atoms with E-state index in [-0.39, 0.29) is 0 Å².